The van der Waals surface area contributed by atoms with E-state index in [0.29, 0.717) is 13.2 Å². The first-order chi connectivity index (χ1) is 9.38. The molecule has 1 amide bonds. The molecule has 0 unspecified atom stereocenters. The summed E-state index contributed by atoms with van der Waals surface area (Å²) in [6.07, 6.45) is 0.997. The molecule has 8 heteroatoms. The Labute approximate surface area is 116 Å². The molecule has 0 aliphatic rings. The molecule has 0 aliphatic carbocycles. The van der Waals surface area contributed by atoms with Gasteiger partial charge in [-0.05, 0) is 19.9 Å². The lowest BCUT2D eigenvalue weighted by molar-refractivity contribution is -0.385. The normalized spacial score (nSPS) is 10.6. The molecule has 20 heavy (non-hydrogen) atoms. The van der Waals surface area contributed by atoms with Crippen LogP contribution in [-0.4, -0.2) is 47.0 Å². The number of methoxy groups -OCH3 is 1. The highest BCUT2D eigenvalue weighted by Crippen LogP contribution is 2.21. The minimum absolute atomic E-state index is 0.0627. The van der Waals surface area contributed by atoms with E-state index in [-0.39, 0.29) is 23.1 Å². The number of aromatic nitrogens is 1. The molecule has 0 saturated heterocycles. The molecule has 0 aliphatic heterocycles. The Morgan fingerprint density at radius 1 is 1.60 bits per heavy atom. The maximum Gasteiger partial charge on any atom is 0.300 e. The van der Waals surface area contributed by atoms with Crippen LogP contribution in [0.4, 0.5) is 11.5 Å². The molecule has 2 N–H and O–H groups in total. The number of carbonyl (C=O) groups excluding carboxylic acids is 1. The molecule has 0 aromatic carbocycles. The van der Waals surface area contributed by atoms with Crippen molar-refractivity contribution in [2.75, 3.05) is 26.0 Å². The lowest BCUT2D eigenvalue weighted by Crippen LogP contribution is -2.39. The van der Waals surface area contributed by atoms with Crippen LogP contribution >= 0.6 is 0 Å². The second kappa shape index (κ2) is 6.80. The zero-order valence-corrected chi connectivity index (χ0v) is 11.7. The average Bonchev–Trinajstić information content (AvgIpc) is 2.38. The van der Waals surface area contributed by atoms with Gasteiger partial charge < -0.3 is 15.4 Å². The van der Waals surface area contributed by atoms with Gasteiger partial charge in [-0.3, -0.25) is 14.9 Å². The maximum absolute atomic E-state index is 12.5. The van der Waals surface area contributed by atoms with E-state index >= 15 is 0 Å². The van der Waals surface area contributed by atoms with Gasteiger partial charge in [-0.25, -0.2) is 4.98 Å². The third kappa shape index (κ3) is 3.64. The molecule has 110 valence electrons. The number of amides is 1. The van der Waals surface area contributed by atoms with Gasteiger partial charge >= 0.3 is 0 Å². The molecule has 0 bridgehead atoms. The average molecular weight is 282 g/mol. The van der Waals surface area contributed by atoms with Crippen molar-refractivity contribution < 1.29 is 14.5 Å². The Kier molecular flexibility index (Phi) is 5.39. The van der Waals surface area contributed by atoms with Crippen molar-refractivity contribution >= 4 is 17.4 Å². The number of anilines is 1. The summed E-state index contributed by atoms with van der Waals surface area (Å²) in [5.74, 6) is -0.396. The predicted octanol–water partition coefficient (Wildman–Crippen LogP) is 1.07. The van der Waals surface area contributed by atoms with Crippen molar-refractivity contribution in [3.8, 4) is 0 Å². The van der Waals surface area contributed by atoms with Crippen molar-refractivity contribution in [1.29, 1.82) is 0 Å². The number of ether oxygens (including phenoxy) is 1. The highest BCUT2D eigenvalue weighted by atomic mass is 16.6. The summed E-state index contributed by atoms with van der Waals surface area (Å²) in [6.45, 7) is 4.33. The summed E-state index contributed by atoms with van der Waals surface area (Å²) in [5, 5.41) is 11.0. The Morgan fingerprint density at radius 3 is 2.75 bits per heavy atom. The summed E-state index contributed by atoms with van der Waals surface area (Å²) in [5.41, 5.74) is 5.10. The fraction of sp³-hybridized carbons (Fsp3) is 0.500. The van der Waals surface area contributed by atoms with E-state index in [9.17, 15) is 14.9 Å². The van der Waals surface area contributed by atoms with Crippen LogP contribution < -0.4 is 5.73 Å². The smallest absolute Gasteiger partial charge is 0.300 e. The summed E-state index contributed by atoms with van der Waals surface area (Å²) >= 11 is 0. The zero-order chi connectivity index (χ0) is 15.3. The molecular formula is C12H18N4O4. The van der Waals surface area contributed by atoms with Crippen LogP contribution in [0.15, 0.2) is 12.3 Å². The predicted molar refractivity (Wildman–Crippen MR) is 73.4 cm³/mol. The fourth-order valence-electron chi connectivity index (χ4n) is 1.72. The van der Waals surface area contributed by atoms with Gasteiger partial charge in [0.25, 0.3) is 11.6 Å². The lowest BCUT2D eigenvalue weighted by Gasteiger charge is -2.26. The molecule has 1 aromatic rings. The van der Waals surface area contributed by atoms with Crippen molar-refractivity contribution in [2.45, 2.75) is 19.9 Å². The largest absolute Gasteiger partial charge is 0.384 e. The first-order valence-corrected chi connectivity index (χ1v) is 6.08. The van der Waals surface area contributed by atoms with Crippen LogP contribution in [0.25, 0.3) is 0 Å². The van der Waals surface area contributed by atoms with Crippen LogP contribution in [0.3, 0.4) is 0 Å². The van der Waals surface area contributed by atoms with Crippen LogP contribution in [0.5, 0.6) is 0 Å². The SMILES string of the molecule is COCCN(C(=O)c1cc(N)ncc1[N+](=O)[O-])C(C)C. The number of rotatable bonds is 6. The van der Waals surface area contributed by atoms with Gasteiger partial charge in [-0.2, -0.15) is 0 Å². The Morgan fingerprint density at radius 2 is 2.25 bits per heavy atom. The minimum atomic E-state index is -0.644. The second-order valence-electron chi connectivity index (χ2n) is 4.47. The molecule has 1 rings (SSSR count). The van der Waals surface area contributed by atoms with Gasteiger partial charge in [0.05, 0.1) is 11.5 Å². The topological polar surface area (TPSA) is 112 Å². The molecule has 0 saturated carbocycles. The molecule has 0 radical (unpaired) electrons. The molecule has 0 fully saturated rings. The number of nitrogens with zero attached hydrogens (tertiary/aromatic N) is 3. The summed E-state index contributed by atoms with van der Waals surface area (Å²) in [7, 11) is 1.52. The lowest BCUT2D eigenvalue weighted by atomic mass is 10.1. The van der Waals surface area contributed by atoms with Gasteiger partial charge in [0.1, 0.15) is 17.6 Å². The quantitative estimate of drug-likeness (QED) is 0.617. The molecule has 8 nitrogen and oxygen atoms in total. The first-order valence-electron chi connectivity index (χ1n) is 6.08. The second-order valence-corrected chi connectivity index (χ2v) is 4.47. The number of hydrogen-bond donors (Lipinski definition) is 1. The summed E-state index contributed by atoms with van der Waals surface area (Å²) in [4.78, 5) is 27.9. The summed E-state index contributed by atoms with van der Waals surface area (Å²) in [6, 6.07) is 1.11. The Bertz CT molecular complexity index is 504. The maximum atomic E-state index is 12.5. The number of nitro groups is 1. The van der Waals surface area contributed by atoms with Gasteiger partial charge in [-0.1, -0.05) is 0 Å². The number of nitrogens with two attached hydrogens (primary N) is 1. The van der Waals surface area contributed by atoms with Gasteiger partial charge in [0, 0.05) is 19.7 Å². The Balaban J connectivity index is 3.16. The van der Waals surface area contributed by atoms with E-state index in [2.05, 4.69) is 4.98 Å². The van der Waals surface area contributed by atoms with Crippen molar-refractivity contribution in [2.24, 2.45) is 0 Å². The molecule has 1 heterocycles. The Hall–Kier alpha value is -2.22. The van der Waals surface area contributed by atoms with Crippen molar-refractivity contribution in [3.05, 3.63) is 27.9 Å². The molecular weight excluding hydrogens is 264 g/mol. The van der Waals surface area contributed by atoms with E-state index < -0.39 is 10.8 Å². The first kappa shape index (κ1) is 15.8. The fourth-order valence-corrected chi connectivity index (χ4v) is 1.72. The van der Waals surface area contributed by atoms with Crippen molar-refractivity contribution in [3.63, 3.8) is 0 Å². The summed E-state index contributed by atoms with van der Waals surface area (Å²) < 4.78 is 4.95. The van der Waals surface area contributed by atoms with Gasteiger partial charge in [-0.15, -0.1) is 0 Å². The number of pyridine rings is 1. The molecule has 0 atom stereocenters. The highest BCUT2D eigenvalue weighted by molar-refractivity contribution is 5.98. The van der Waals surface area contributed by atoms with Crippen LogP contribution in [0, 0.1) is 10.1 Å². The van der Waals surface area contributed by atoms with E-state index in [0.717, 1.165) is 6.20 Å². The monoisotopic (exact) mass is 282 g/mol. The van der Waals surface area contributed by atoms with E-state index in [1.165, 1.54) is 18.1 Å². The third-order valence-electron chi connectivity index (χ3n) is 2.75. The minimum Gasteiger partial charge on any atom is -0.384 e. The third-order valence-corrected chi connectivity index (χ3v) is 2.75. The van der Waals surface area contributed by atoms with E-state index in [1.54, 1.807) is 0 Å². The zero-order valence-electron chi connectivity index (χ0n) is 11.7. The molecule has 0 spiro atoms. The molecule has 1 aromatic heterocycles. The van der Waals surface area contributed by atoms with E-state index in [1.807, 2.05) is 13.8 Å². The van der Waals surface area contributed by atoms with Gasteiger partial charge in [0.2, 0.25) is 0 Å². The van der Waals surface area contributed by atoms with Crippen LogP contribution in [0.2, 0.25) is 0 Å². The standard InChI is InChI=1S/C12H18N4O4/c1-8(2)15(4-5-20-3)12(17)9-6-11(13)14-7-10(9)16(18)19/h6-8H,4-5H2,1-3H3,(H2,13,14). The van der Waals surface area contributed by atoms with Crippen LogP contribution in [-0.2, 0) is 4.74 Å². The van der Waals surface area contributed by atoms with Gasteiger partial charge in [0.15, 0.2) is 0 Å². The number of nitrogen functional groups attached to an aromatic ring is 1. The van der Waals surface area contributed by atoms with E-state index in [4.69, 9.17) is 10.5 Å². The highest BCUT2D eigenvalue weighted by Gasteiger charge is 2.26. The van der Waals surface area contributed by atoms with Crippen LogP contribution in [0.1, 0.15) is 24.2 Å². The number of hydrogen-bond acceptors (Lipinski definition) is 6. The van der Waals surface area contributed by atoms with Crippen molar-refractivity contribution in [1.82, 2.24) is 9.88 Å². The number of carbonyl (C=O) groups is 1.